The number of allylic oxidation sites excluding steroid dienone is 2. The third-order valence-electron chi connectivity index (χ3n) is 3.22. The standard InChI is InChI=1S/C12H21N3S/c13-12(15-6-8-16-9-7-15)14-10-11-4-2-1-3-5-11/h1-2,11H,3-10H2,(H2,13,14). The zero-order valence-electron chi connectivity index (χ0n) is 9.77. The lowest BCUT2D eigenvalue weighted by molar-refractivity contribution is 0.445. The first kappa shape index (κ1) is 11.8. The van der Waals surface area contributed by atoms with Crippen LogP contribution in [0.15, 0.2) is 17.1 Å². The second-order valence-corrected chi connectivity index (χ2v) is 5.67. The van der Waals surface area contributed by atoms with E-state index in [0.29, 0.717) is 5.92 Å². The molecular formula is C12H21N3S. The number of rotatable bonds is 2. The monoisotopic (exact) mass is 239 g/mol. The summed E-state index contributed by atoms with van der Waals surface area (Å²) >= 11 is 2.00. The number of nitrogens with two attached hydrogens (primary N) is 1. The lowest BCUT2D eigenvalue weighted by Gasteiger charge is -2.27. The number of aliphatic imine (C=N–C) groups is 1. The molecule has 1 unspecified atom stereocenters. The number of guanidine groups is 1. The van der Waals surface area contributed by atoms with Crippen molar-refractivity contribution in [1.82, 2.24) is 4.90 Å². The van der Waals surface area contributed by atoms with E-state index in [2.05, 4.69) is 22.0 Å². The number of thioether (sulfide) groups is 1. The van der Waals surface area contributed by atoms with E-state index in [1.165, 1.54) is 30.8 Å². The molecule has 0 aromatic heterocycles. The summed E-state index contributed by atoms with van der Waals surface area (Å²) in [6, 6.07) is 0. The normalized spacial score (nSPS) is 27.1. The Labute approximate surface area is 102 Å². The maximum atomic E-state index is 6.01. The van der Waals surface area contributed by atoms with Crippen LogP contribution in [-0.2, 0) is 0 Å². The van der Waals surface area contributed by atoms with Gasteiger partial charge in [-0.25, -0.2) is 0 Å². The molecule has 16 heavy (non-hydrogen) atoms. The van der Waals surface area contributed by atoms with Crippen molar-refractivity contribution in [1.29, 1.82) is 0 Å². The zero-order chi connectivity index (χ0) is 11.2. The minimum atomic E-state index is 0.711. The van der Waals surface area contributed by atoms with Gasteiger partial charge in [-0.3, -0.25) is 4.99 Å². The maximum Gasteiger partial charge on any atom is 0.191 e. The van der Waals surface area contributed by atoms with Gasteiger partial charge in [-0.2, -0.15) is 11.8 Å². The fourth-order valence-corrected chi connectivity index (χ4v) is 3.04. The first-order valence-electron chi connectivity index (χ1n) is 6.14. The van der Waals surface area contributed by atoms with Gasteiger partial charge >= 0.3 is 0 Å². The van der Waals surface area contributed by atoms with E-state index in [0.717, 1.165) is 25.6 Å². The third kappa shape index (κ3) is 3.44. The summed E-state index contributed by atoms with van der Waals surface area (Å²) in [5.41, 5.74) is 6.01. The Balaban J connectivity index is 1.78. The van der Waals surface area contributed by atoms with Crippen LogP contribution in [0, 0.1) is 5.92 Å². The SMILES string of the molecule is NC(=NCC1CC=CCC1)N1CCSCC1. The summed E-state index contributed by atoms with van der Waals surface area (Å²) in [4.78, 5) is 6.77. The van der Waals surface area contributed by atoms with Crippen molar-refractivity contribution in [3.63, 3.8) is 0 Å². The van der Waals surface area contributed by atoms with Gasteiger partial charge in [0.1, 0.15) is 0 Å². The molecule has 1 fully saturated rings. The highest BCUT2D eigenvalue weighted by Crippen LogP contribution is 2.18. The van der Waals surface area contributed by atoms with E-state index in [-0.39, 0.29) is 0 Å². The molecule has 2 rings (SSSR count). The Morgan fingerprint density at radius 2 is 2.19 bits per heavy atom. The quantitative estimate of drug-likeness (QED) is 0.453. The molecule has 2 N–H and O–H groups in total. The molecule has 0 amide bonds. The molecule has 2 aliphatic rings. The van der Waals surface area contributed by atoms with E-state index in [4.69, 9.17) is 5.73 Å². The van der Waals surface area contributed by atoms with Crippen molar-refractivity contribution in [2.75, 3.05) is 31.1 Å². The minimum Gasteiger partial charge on any atom is -0.370 e. The molecule has 90 valence electrons. The third-order valence-corrected chi connectivity index (χ3v) is 4.17. The van der Waals surface area contributed by atoms with Crippen molar-refractivity contribution < 1.29 is 0 Å². The van der Waals surface area contributed by atoms with Gasteiger partial charge in [-0.15, -0.1) is 0 Å². The molecule has 0 saturated carbocycles. The highest BCUT2D eigenvalue weighted by atomic mass is 32.2. The van der Waals surface area contributed by atoms with E-state index in [9.17, 15) is 0 Å². The number of nitrogens with zero attached hydrogens (tertiary/aromatic N) is 2. The van der Waals surface area contributed by atoms with Crippen molar-refractivity contribution in [2.45, 2.75) is 19.3 Å². The van der Waals surface area contributed by atoms with Gasteiger partial charge in [0, 0.05) is 31.1 Å². The Bertz CT molecular complexity index is 269. The fourth-order valence-electron chi connectivity index (χ4n) is 2.14. The van der Waals surface area contributed by atoms with Crippen LogP contribution >= 0.6 is 11.8 Å². The number of hydrogen-bond donors (Lipinski definition) is 1. The highest BCUT2D eigenvalue weighted by Gasteiger charge is 2.13. The molecule has 1 heterocycles. The van der Waals surface area contributed by atoms with Gasteiger partial charge in [-0.1, -0.05) is 12.2 Å². The lowest BCUT2D eigenvalue weighted by atomic mass is 9.95. The minimum absolute atomic E-state index is 0.711. The molecule has 0 aromatic rings. The topological polar surface area (TPSA) is 41.6 Å². The van der Waals surface area contributed by atoms with Gasteiger partial charge in [0.05, 0.1) is 0 Å². The van der Waals surface area contributed by atoms with Gasteiger partial charge in [-0.05, 0) is 25.2 Å². The molecular weight excluding hydrogens is 218 g/mol. The van der Waals surface area contributed by atoms with Crippen LogP contribution in [0.1, 0.15) is 19.3 Å². The predicted octanol–water partition coefficient (Wildman–Crippen LogP) is 1.71. The lowest BCUT2D eigenvalue weighted by Crippen LogP contribution is -2.42. The summed E-state index contributed by atoms with van der Waals surface area (Å²) in [6.07, 6.45) is 8.19. The first-order chi connectivity index (χ1) is 7.86. The van der Waals surface area contributed by atoms with Gasteiger partial charge in [0.15, 0.2) is 5.96 Å². The molecule has 0 aromatic carbocycles. The Morgan fingerprint density at radius 3 is 2.88 bits per heavy atom. The molecule has 4 heteroatoms. The fraction of sp³-hybridized carbons (Fsp3) is 0.750. The van der Waals surface area contributed by atoms with E-state index >= 15 is 0 Å². The van der Waals surface area contributed by atoms with Crippen molar-refractivity contribution >= 4 is 17.7 Å². The molecule has 1 saturated heterocycles. The van der Waals surface area contributed by atoms with Gasteiger partial charge < -0.3 is 10.6 Å². The van der Waals surface area contributed by atoms with E-state index < -0.39 is 0 Å². The average molecular weight is 239 g/mol. The molecule has 0 bridgehead atoms. The summed E-state index contributed by atoms with van der Waals surface area (Å²) in [6.45, 7) is 3.02. The summed E-state index contributed by atoms with van der Waals surface area (Å²) < 4.78 is 0. The predicted molar refractivity (Wildman–Crippen MR) is 71.9 cm³/mol. The zero-order valence-corrected chi connectivity index (χ0v) is 10.6. The van der Waals surface area contributed by atoms with Crippen LogP contribution in [0.4, 0.5) is 0 Å². The van der Waals surface area contributed by atoms with Crippen molar-refractivity contribution in [3.8, 4) is 0 Å². The van der Waals surface area contributed by atoms with Crippen LogP contribution < -0.4 is 5.73 Å². The number of hydrogen-bond acceptors (Lipinski definition) is 2. The second kappa shape index (κ2) is 6.18. The molecule has 1 aliphatic carbocycles. The van der Waals surface area contributed by atoms with Crippen molar-refractivity contribution in [2.24, 2.45) is 16.6 Å². The van der Waals surface area contributed by atoms with Gasteiger partial charge in [0.2, 0.25) is 0 Å². The summed E-state index contributed by atoms with van der Waals surface area (Å²) in [7, 11) is 0. The molecule has 3 nitrogen and oxygen atoms in total. The van der Waals surface area contributed by atoms with Crippen LogP contribution in [0.5, 0.6) is 0 Å². The van der Waals surface area contributed by atoms with Crippen LogP contribution in [-0.4, -0.2) is 42.0 Å². The highest BCUT2D eigenvalue weighted by molar-refractivity contribution is 7.99. The molecule has 0 spiro atoms. The van der Waals surface area contributed by atoms with Crippen LogP contribution in [0.2, 0.25) is 0 Å². The molecule has 0 radical (unpaired) electrons. The summed E-state index contributed by atoms with van der Waals surface area (Å²) in [5.74, 6) is 3.84. The second-order valence-electron chi connectivity index (χ2n) is 4.45. The first-order valence-corrected chi connectivity index (χ1v) is 7.29. The Kier molecular flexibility index (Phi) is 4.57. The van der Waals surface area contributed by atoms with Crippen molar-refractivity contribution in [3.05, 3.63) is 12.2 Å². The van der Waals surface area contributed by atoms with E-state index in [1.54, 1.807) is 0 Å². The molecule has 1 aliphatic heterocycles. The smallest absolute Gasteiger partial charge is 0.191 e. The summed E-state index contributed by atoms with van der Waals surface area (Å²) in [5, 5.41) is 0. The van der Waals surface area contributed by atoms with Crippen LogP contribution in [0.25, 0.3) is 0 Å². The molecule has 1 atom stereocenters. The van der Waals surface area contributed by atoms with E-state index in [1.807, 2.05) is 11.8 Å². The largest absolute Gasteiger partial charge is 0.370 e. The Morgan fingerprint density at radius 1 is 1.38 bits per heavy atom. The van der Waals surface area contributed by atoms with Crippen LogP contribution in [0.3, 0.4) is 0 Å². The van der Waals surface area contributed by atoms with Gasteiger partial charge in [0.25, 0.3) is 0 Å². The maximum absolute atomic E-state index is 6.01. The average Bonchev–Trinajstić information content (AvgIpc) is 2.38. The Hall–Kier alpha value is -0.640.